The number of aromatic amines is 1. The summed E-state index contributed by atoms with van der Waals surface area (Å²) in [5, 5.41) is 11.1. The standard InChI is InChI=1S/C9H7N3O5.C8H10FN/c1-17-9(16)5-2-4(8(14)15)10-6-3-7(13)11-12(5)6;1-6-4-7(5-10)2-3-8(6)9/h2-3H,1H3,(H,11,13)(H,14,15);2-4H,5,10H2,1H3. The Balaban J connectivity index is 0.000000223. The molecule has 0 fully saturated rings. The third-order valence-corrected chi connectivity index (χ3v) is 3.53. The van der Waals surface area contributed by atoms with E-state index < -0.39 is 17.5 Å². The van der Waals surface area contributed by atoms with Gasteiger partial charge < -0.3 is 15.6 Å². The summed E-state index contributed by atoms with van der Waals surface area (Å²) in [6.45, 7) is 2.20. The number of rotatable bonds is 3. The number of esters is 1. The molecule has 1 aromatic carbocycles. The molecule has 0 bridgehead atoms. The SMILES string of the molecule is COC(=O)c1cc(C(=O)O)nc2cc(=O)[nH]n12.Cc1cc(CN)ccc1F. The highest BCUT2D eigenvalue weighted by Gasteiger charge is 2.17. The number of methoxy groups -OCH3 is 1. The number of carbonyl (C=O) groups is 2. The van der Waals surface area contributed by atoms with Crippen molar-refractivity contribution in [3.8, 4) is 0 Å². The lowest BCUT2D eigenvalue weighted by molar-refractivity contribution is 0.0590. The zero-order valence-corrected chi connectivity index (χ0v) is 14.5. The van der Waals surface area contributed by atoms with Crippen molar-refractivity contribution in [3.63, 3.8) is 0 Å². The molecule has 3 aromatic rings. The Morgan fingerprint density at radius 1 is 1.33 bits per heavy atom. The number of H-pyrrole nitrogens is 1. The normalized spacial score (nSPS) is 10.2. The van der Waals surface area contributed by atoms with Gasteiger partial charge in [-0.3, -0.25) is 9.89 Å². The number of fused-ring (bicyclic) bond motifs is 1. The molecule has 27 heavy (non-hydrogen) atoms. The van der Waals surface area contributed by atoms with Crippen LogP contribution in [0.4, 0.5) is 4.39 Å². The van der Waals surface area contributed by atoms with Crippen LogP contribution in [-0.2, 0) is 11.3 Å². The summed E-state index contributed by atoms with van der Waals surface area (Å²) in [7, 11) is 1.15. The number of aromatic nitrogens is 3. The molecule has 0 amide bonds. The summed E-state index contributed by atoms with van der Waals surface area (Å²) in [5.41, 5.74) is 6.06. The molecule has 4 N–H and O–H groups in total. The first-order valence-corrected chi connectivity index (χ1v) is 7.66. The molecule has 3 rings (SSSR count). The van der Waals surface area contributed by atoms with Gasteiger partial charge in [0, 0.05) is 18.7 Å². The van der Waals surface area contributed by atoms with Gasteiger partial charge in [0.1, 0.15) is 5.82 Å². The number of carboxylic acids is 1. The maximum absolute atomic E-state index is 12.6. The van der Waals surface area contributed by atoms with Crippen molar-refractivity contribution in [2.24, 2.45) is 5.73 Å². The van der Waals surface area contributed by atoms with Crippen LogP contribution >= 0.6 is 0 Å². The Kier molecular flexibility index (Phi) is 6.03. The first-order chi connectivity index (χ1) is 12.8. The van der Waals surface area contributed by atoms with Crippen LogP contribution in [0.1, 0.15) is 32.1 Å². The largest absolute Gasteiger partial charge is 0.477 e. The van der Waals surface area contributed by atoms with Gasteiger partial charge in [-0.05, 0) is 24.1 Å². The van der Waals surface area contributed by atoms with E-state index >= 15 is 0 Å². The highest BCUT2D eigenvalue weighted by atomic mass is 19.1. The van der Waals surface area contributed by atoms with E-state index in [1.807, 2.05) is 0 Å². The predicted octanol–water partition coefficient (Wildman–Crippen LogP) is 1.10. The topological polar surface area (TPSA) is 140 Å². The lowest BCUT2D eigenvalue weighted by atomic mass is 10.1. The van der Waals surface area contributed by atoms with Crippen LogP contribution in [0.5, 0.6) is 0 Å². The quantitative estimate of drug-likeness (QED) is 0.582. The minimum Gasteiger partial charge on any atom is -0.477 e. The van der Waals surface area contributed by atoms with Gasteiger partial charge in [-0.2, -0.15) is 0 Å². The Labute approximate surface area is 152 Å². The Bertz CT molecular complexity index is 1060. The number of carbonyl (C=O) groups excluding carboxylic acids is 1. The summed E-state index contributed by atoms with van der Waals surface area (Å²) >= 11 is 0. The van der Waals surface area contributed by atoms with E-state index in [9.17, 15) is 18.8 Å². The molecule has 0 aliphatic carbocycles. The number of carboxylic acid groups (broad SMARTS) is 1. The van der Waals surface area contributed by atoms with Crippen LogP contribution in [0.2, 0.25) is 0 Å². The molecular formula is C17H17FN4O5. The highest BCUT2D eigenvalue weighted by Crippen LogP contribution is 2.08. The third-order valence-electron chi connectivity index (χ3n) is 3.53. The lowest BCUT2D eigenvalue weighted by Crippen LogP contribution is -2.14. The Hall–Kier alpha value is -3.53. The molecule has 0 saturated carbocycles. The molecule has 0 atom stereocenters. The minimum atomic E-state index is -1.30. The van der Waals surface area contributed by atoms with E-state index in [1.54, 1.807) is 19.1 Å². The fraction of sp³-hybridized carbons (Fsp3) is 0.176. The number of aromatic carboxylic acids is 1. The smallest absolute Gasteiger partial charge is 0.356 e. The predicted molar refractivity (Wildman–Crippen MR) is 93.1 cm³/mol. The fourth-order valence-corrected chi connectivity index (χ4v) is 2.20. The van der Waals surface area contributed by atoms with Gasteiger partial charge in [0.15, 0.2) is 17.0 Å². The summed E-state index contributed by atoms with van der Waals surface area (Å²) in [6, 6.07) is 7.01. The van der Waals surface area contributed by atoms with Crippen molar-refractivity contribution in [2.45, 2.75) is 13.5 Å². The van der Waals surface area contributed by atoms with Gasteiger partial charge in [-0.15, -0.1) is 0 Å². The number of nitrogens with two attached hydrogens (primary N) is 1. The molecule has 9 nitrogen and oxygen atoms in total. The number of nitrogens with one attached hydrogen (secondary N) is 1. The molecule has 142 valence electrons. The number of aryl methyl sites for hydroxylation is 1. The van der Waals surface area contributed by atoms with E-state index in [2.05, 4.69) is 14.8 Å². The Morgan fingerprint density at radius 2 is 2.04 bits per heavy atom. The van der Waals surface area contributed by atoms with Gasteiger partial charge in [0.05, 0.1) is 7.11 Å². The molecule has 0 saturated heterocycles. The van der Waals surface area contributed by atoms with Gasteiger partial charge >= 0.3 is 11.9 Å². The van der Waals surface area contributed by atoms with Gasteiger partial charge in [-0.25, -0.2) is 23.5 Å². The molecule has 10 heteroatoms. The monoisotopic (exact) mass is 376 g/mol. The first kappa shape index (κ1) is 19.8. The van der Waals surface area contributed by atoms with Crippen molar-refractivity contribution in [3.05, 3.63) is 69.0 Å². The fourth-order valence-electron chi connectivity index (χ4n) is 2.20. The van der Waals surface area contributed by atoms with Crippen molar-refractivity contribution < 1.29 is 23.8 Å². The average molecular weight is 376 g/mol. The molecule has 2 aromatic heterocycles. The van der Waals surface area contributed by atoms with Crippen molar-refractivity contribution >= 4 is 17.6 Å². The summed E-state index contributed by atoms with van der Waals surface area (Å²) in [4.78, 5) is 37.0. The van der Waals surface area contributed by atoms with E-state index in [0.29, 0.717) is 12.1 Å². The molecular weight excluding hydrogens is 359 g/mol. The zero-order chi connectivity index (χ0) is 20.1. The Morgan fingerprint density at radius 3 is 2.59 bits per heavy atom. The number of halogens is 1. The number of ether oxygens (including phenoxy) is 1. The second kappa shape index (κ2) is 8.23. The van der Waals surface area contributed by atoms with Crippen LogP contribution in [0.3, 0.4) is 0 Å². The van der Waals surface area contributed by atoms with Crippen LogP contribution in [0.25, 0.3) is 5.65 Å². The summed E-state index contributed by atoms with van der Waals surface area (Å²) < 4.78 is 18.2. The molecule has 2 heterocycles. The lowest BCUT2D eigenvalue weighted by Gasteiger charge is -2.04. The van der Waals surface area contributed by atoms with Crippen LogP contribution in [0.15, 0.2) is 35.1 Å². The van der Waals surface area contributed by atoms with Crippen molar-refractivity contribution in [1.29, 1.82) is 0 Å². The first-order valence-electron chi connectivity index (χ1n) is 7.66. The van der Waals surface area contributed by atoms with E-state index in [1.165, 1.54) is 6.07 Å². The van der Waals surface area contributed by atoms with Gasteiger partial charge in [0.2, 0.25) is 0 Å². The number of hydrogen-bond donors (Lipinski definition) is 3. The van der Waals surface area contributed by atoms with Crippen molar-refractivity contribution in [1.82, 2.24) is 14.6 Å². The number of hydrogen-bond acceptors (Lipinski definition) is 6. The summed E-state index contributed by atoms with van der Waals surface area (Å²) in [5.74, 6) is -2.24. The second-order valence-corrected chi connectivity index (χ2v) is 5.43. The maximum atomic E-state index is 12.6. The molecule has 0 aliphatic heterocycles. The van der Waals surface area contributed by atoms with Crippen LogP contribution in [-0.4, -0.2) is 38.8 Å². The highest BCUT2D eigenvalue weighted by molar-refractivity contribution is 5.92. The molecule has 0 radical (unpaired) electrons. The molecule has 0 aliphatic rings. The molecule has 0 spiro atoms. The average Bonchev–Trinajstić information content (AvgIpc) is 3.03. The van der Waals surface area contributed by atoms with Gasteiger partial charge in [-0.1, -0.05) is 12.1 Å². The van der Waals surface area contributed by atoms with Crippen LogP contribution in [0, 0.1) is 12.7 Å². The minimum absolute atomic E-state index is 0.0373. The van der Waals surface area contributed by atoms with E-state index in [0.717, 1.165) is 29.3 Å². The number of benzene rings is 1. The van der Waals surface area contributed by atoms with E-state index in [4.69, 9.17) is 10.8 Å². The summed E-state index contributed by atoms with van der Waals surface area (Å²) in [6.07, 6.45) is 0. The second-order valence-electron chi connectivity index (χ2n) is 5.43. The third kappa shape index (κ3) is 4.55. The zero-order valence-electron chi connectivity index (χ0n) is 14.5. The van der Waals surface area contributed by atoms with E-state index in [-0.39, 0.29) is 22.9 Å². The maximum Gasteiger partial charge on any atom is 0.356 e. The number of nitrogens with zero attached hydrogens (tertiary/aromatic N) is 2. The van der Waals surface area contributed by atoms with Gasteiger partial charge in [0.25, 0.3) is 5.56 Å². The van der Waals surface area contributed by atoms with Crippen LogP contribution < -0.4 is 11.3 Å². The molecule has 0 unspecified atom stereocenters. The van der Waals surface area contributed by atoms with Crippen molar-refractivity contribution in [2.75, 3.05) is 7.11 Å².